The van der Waals surface area contributed by atoms with Crippen molar-refractivity contribution in [1.29, 1.82) is 0 Å². The Labute approximate surface area is 172 Å². The summed E-state index contributed by atoms with van der Waals surface area (Å²) in [6.07, 6.45) is 1.07. The second-order valence-corrected chi connectivity index (χ2v) is 7.46. The molecular formula is C21H32N2O6. The molecule has 1 aromatic carbocycles. The van der Waals surface area contributed by atoms with Gasteiger partial charge < -0.3 is 9.57 Å². The van der Waals surface area contributed by atoms with Gasteiger partial charge in [-0.25, -0.2) is 10.3 Å². The molecule has 2 N–H and O–H groups in total. The number of benzene rings is 1. The van der Waals surface area contributed by atoms with Crippen LogP contribution in [0.5, 0.6) is 0 Å². The molecule has 0 aliphatic carbocycles. The van der Waals surface area contributed by atoms with E-state index < -0.39 is 23.7 Å². The van der Waals surface area contributed by atoms with Crippen molar-refractivity contribution in [2.24, 2.45) is 11.8 Å². The van der Waals surface area contributed by atoms with Crippen LogP contribution in [0.25, 0.3) is 0 Å². The normalized spacial score (nSPS) is 11.9. The van der Waals surface area contributed by atoms with E-state index in [1.165, 1.54) is 0 Å². The van der Waals surface area contributed by atoms with Gasteiger partial charge in [-0.2, -0.15) is 5.48 Å². The van der Waals surface area contributed by atoms with Crippen molar-refractivity contribution in [3.63, 3.8) is 0 Å². The van der Waals surface area contributed by atoms with Crippen LogP contribution in [0, 0.1) is 11.8 Å². The Morgan fingerprint density at radius 3 is 2.31 bits per heavy atom. The van der Waals surface area contributed by atoms with Gasteiger partial charge in [0.25, 0.3) is 11.8 Å². The molecule has 0 radical (unpaired) electrons. The molecule has 1 aromatic rings. The third-order valence-electron chi connectivity index (χ3n) is 3.81. The van der Waals surface area contributed by atoms with Gasteiger partial charge in [0.2, 0.25) is 0 Å². The van der Waals surface area contributed by atoms with Crippen molar-refractivity contribution in [1.82, 2.24) is 11.0 Å². The average Bonchev–Trinajstić information content (AvgIpc) is 2.68. The summed E-state index contributed by atoms with van der Waals surface area (Å²) in [5.74, 6) is -1.73. The van der Waals surface area contributed by atoms with Gasteiger partial charge >= 0.3 is 5.97 Å². The Balaban J connectivity index is 2.37. The average molecular weight is 408 g/mol. The minimum atomic E-state index is -0.546. The van der Waals surface area contributed by atoms with Crippen LogP contribution in [-0.4, -0.2) is 37.1 Å². The molecule has 0 saturated carbocycles. The summed E-state index contributed by atoms with van der Waals surface area (Å²) in [5, 5.41) is 0. The van der Waals surface area contributed by atoms with Crippen molar-refractivity contribution in [3.8, 4) is 0 Å². The number of hydroxylamine groups is 2. The van der Waals surface area contributed by atoms with Crippen molar-refractivity contribution in [3.05, 3.63) is 35.9 Å². The fourth-order valence-corrected chi connectivity index (χ4v) is 2.46. The molecule has 0 aliphatic rings. The lowest BCUT2D eigenvalue weighted by Gasteiger charge is -2.18. The van der Waals surface area contributed by atoms with Crippen LogP contribution in [0.1, 0.15) is 46.1 Å². The van der Waals surface area contributed by atoms with E-state index in [1.54, 1.807) is 13.8 Å². The van der Waals surface area contributed by atoms with Crippen molar-refractivity contribution < 1.29 is 28.8 Å². The summed E-state index contributed by atoms with van der Waals surface area (Å²) < 4.78 is 5.33. The minimum Gasteiger partial charge on any atom is -0.371 e. The van der Waals surface area contributed by atoms with Gasteiger partial charge in [-0.05, 0) is 38.2 Å². The van der Waals surface area contributed by atoms with Gasteiger partial charge in [0.05, 0.1) is 25.0 Å². The van der Waals surface area contributed by atoms with E-state index in [-0.39, 0.29) is 31.7 Å². The fourth-order valence-electron chi connectivity index (χ4n) is 2.46. The molecule has 8 heteroatoms. The maximum Gasteiger partial charge on any atom is 0.332 e. The number of carbonyl (C=O) groups is 3. The van der Waals surface area contributed by atoms with Crippen molar-refractivity contribution >= 4 is 17.8 Å². The number of amides is 2. The lowest BCUT2D eigenvalue weighted by atomic mass is 9.97. The highest BCUT2D eigenvalue weighted by Gasteiger charge is 2.22. The number of carbonyl (C=O) groups excluding carboxylic acids is 3. The Kier molecular flexibility index (Phi) is 11.6. The zero-order valence-electron chi connectivity index (χ0n) is 17.6. The number of hydrogen-bond donors (Lipinski definition) is 2. The van der Waals surface area contributed by atoms with Gasteiger partial charge in [0.15, 0.2) is 0 Å². The van der Waals surface area contributed by atoms with E-state index in [2.05, 4.69) is 11.0 Å². The van der Waals surface area contributed by atoms with Gasteiger partial charge in [0, 0.05) is 0 Å². The Hall–Kier alpha value is -2.45. The zero-order valence-corrected chi connectivity index (χ0v) is 17.6. The van der Waals surface area contributed by atoms with Crippen LogP contribution in [0.4, 0.5) is 0 Å². The first-order chi connectivity index (χ1) is 13.8. The molecule has 0 aromatic heterocycles. The molecule has 1 atom stereocenters. The number of aryl methyl sites for hydroxylation is 1. The van der Waals surface area contributed by atoms with Crippen molar-refractivity contribution in [2.45, 2.75) is 53.1 Å². The summed E-state index contributed by atoms with van der Waals surface area (Å²) in [6.45, 7) is 7.30. The maximum atomic E-state index is 12.4. The second-order valence-electron chi connectivity index (χ2n) is 7.46. The molecule has 0 heterocycles. The fraction of sp³-hybridized carbons (Fsp3) is 0.571. The zero-order chi connectivity index (χ0) is 21.6. The standard InChI is InChI=1S/C21H32N2O6/c1-15(2)12-18(13-27-14-19(24)22-28-16(3)4)21(26)23-29-20(25)11-10-17-8-6-5-7-9-17/h5-9,15-16,18H,10-14H2,1-4H3,(H,22,24)(H,23,26)/t18-/m1/s1. The molecule has 8 nitrogen and oxygen atoms in total. The largest absolute Gasteiger partial charge is 0.371 e. The predicted octanol–water partition coefficient (Wildman–Crippen LogP) is 2.33. The third kappa shape index (κ3) is 11.9. The Bertz CT molecular complexity index is 633. The quantitative estimate of drug-likeness (QED) is 0.515. The third-order valence-corrected chi connectivity index (χ3v) is 3.81. The van der Waals surface area contributed by atoms with Crippen LogP contribution >= 0.6 is 0 Å². The van der Waals surface area contributed by atoms with E-state index in [0.29, 0.717) is 12.8 Å². The second kappa shape index (κ2) is 13.7. The molecule has 29 heavy (non-hydrogen) atoms. The minimum absolute atomic E-state index is 0.0285. The molecule has 1 rings (SSSR count). The lowest BCUT2D eigenvalue weighted by Crippen LogP contribution is -2.37. The molecule has 0 saturated heterocycles. The number of rotatable bonds is 12. The Morgan fingerprint density at radius 1 is 1.00 bits per heavy atom. The smallest absolute Gasteiger partial charge is 0.332 e. The molecular weight excluding hydrogens is 376 g/mol. The lowest BCUT2D eigenvalue weighted by molar-refractivity contribution is -0.161. The first-order valence-corrected chi connectivity index (χ1v) is 9.83. The molecule has 0 fully saturated rings. The molecule has 0 spiro atoms. The first kappa shape index (κ1) is 24.6. The van der Waals surface area contributed by atoms with Crippen LogP contribution < -0.4 is 11.0 Å². The van der Waals surface area contributed by atoms with Gasteiger partial charge in [-0.3, -0.25) is 14.4 Å². The summed E-state index contributed by atoms with van der Waals surface area (Å²) in [7, 11) is 0. The topological polar surface area (TPSA) is 103 Å². The van der Waals surface area contributed by atoms with Crippen LogP contribution in [0.2, 0.25) is 0 Å². The van der Waals surface area contributed by atoms with Crippen LogP contribution in [-0.2, 0) is 35.2 Å². The SMILES string of the molecule is CC(C)C[C@H](COCC(=O)NOC(C)C)C(=O)NOC(=O)CCc1ccccc1. The molecule has 2 amide bonds. The number of nitrogens with one attached hydrogen (secondary N) is 2. The highest BCUT2D eigenvalue weighted by molar-refractivity contribution is 5.80. The highest BCUT2D eigenvalue weighted by atomic mass is 16.7. The maximum absolute atomic E-state index is 12.4. The van der Waals surface area contributed by atoms with Crippen LogP contribution in [0.15, 0.2) is 30.3 Å². The molecule has 0 unspecified atom stereocenters. The predicted molar refractivity (Wildman–Crippen MR) is 107 cm³/mol. The summed E-state index contributed by atoms with van der Waals surface area (Å²) in [4.78, 5) is 45.7. The van der Waals surface area contributed by atoms with E-state index in [9.17, 15) is 14.4 Å². The van der Waals surface area contributed by atoms with E-state index >= 15 is 0 Å². The summed E-state index contributed by atoms with van der Waals surface area (Å²) in [5.41, 5.74) is 5.48. The van der Waals surface area contributed by atoms with E-state index in [0.717, 1.165) is 5.56 Å². The monoisotopic (exact) mass is 408 g/mol. The van der Waals surface area contributed by atoms with E-state index in [1.807, 2.05) is 44.2 Å². The first-order valence-electron chi connectivity index (χ1n) is 9.83. The van der Waals surface area contributed by atoms with Crippen molar-refractivity contribution in [2.75, 3.05) is 13.2 Å². The van der Waals surface area contributed by atoms with Gasteiger partial charge in [-0.1, -0.05) is 44.2 Å². The van der Waals surface area contributed by atoms with Gasteiger partial charge in [-0.15, -0.1) is 0 Å². The van der Waals surface area contributed by atoms with E-state index in [4.69, 9.17) is 14.4 Å². The molecule has 162 valence electrons. The summed E-state index contributed by atoms with van der Waals surface area (Å²) in [6, 6.07) is 9.54. The molecule has 0 aliphatic heterocycles. The van der Waals surface area contributed by atoms with Gasteiger partial charge in [0.1, 0.15) is 6.61 Å². The summed E-state index contributed by atoms with van der Waals surface area (Å²) >= 11 is 0. The number of hydrogen-bond acceptors (Lipinski definition) is 6. The number of ether oxygens (including phenoxy) is 1. The molecule has 0 bridgehead atoms. The Morgan fingerprint density at radius 2 is 1.69 bits per heavy atom. The highest BCUT2D eigenvalue weighted by Crippen LogP contribution is 2.13. The van der Waals surface area contributed by atoms with Crippen LogP contribution in [0.3, 0.4) is 0 Å².